The standard InChI is InChI=1S/C20H18F2N4O4S/c21-14-5-7-15(8-6-14)31(28,29)23-11-18-24-20(30-25-18)17-9-10-19(27)26(17)12-13-3-1-2-4-16(13)22/h1-8,17,23H,9-12H2/t17-/m0/s1. The zero-order chi connectivity index (χ0) is 22.0. The van der Waals surface area contributed by atoms with Crippen molar-refractivity contribution in [3.63, 3.8) is 0 Å². The van der Waals surface area contributed by atoms with E-state index in [0.717, 1.165) is 24.3 Å². The number of hydrogen-bond donors (Lipinski definition) is 1. The van der Waals surface area contributed by atoms with Gasteiger partial charge in [0.1, 0.15) is 17.7 Å². The van der Waals surface area contributed by atoms with Crippen LogP contribution in [-0.2, 0) is 27.9 Å². The van der Waals surface area contributed by atoms with Gasteiger partial charge in [-0.1, -0.05) is 23.4 Å². The molecule has 0 spiro atoms. The molecule has 1 aliphatic heterocycles. The van der Waals surface area contributed by atoms with Crippen LogP contribution in [0.2, 0.25) is 0 Å². The van der Waals surface area contributed by atoms with Gasteiger partial charge in [-0.05, 0) is 36.8 Å². The summed E-state index contributed by atoms with van der Waals surface area (Å²) in [5, 5.41) is 3.77. The van der Waals surface area contributed by atoms with E-state index in [-0.39, 0.29) is 42.0 Å². The first-order valence-corrected chi connectivity index (χ1v) is 10.9. The lowest BCUT2D eigenvalue weighted by Gasteiger charge is -2.22. The first-order valence-electron chi connectivity index (χ1n) is 9.44. The van der Waals surface area contributed by atoms with Crippen LogP contribution in [0, 0.1) is 11.6 Å². The number of sulfonamides is 1. The summed E-state index contributed by atoms with van der Waals surface area (Å²) in [6, 6.07) is 10.0. The smallest absolute Gasteiger partial charge is 0.249 e. The molecule has 0 bridgehead atoms. The summed E-state index contributed by atoms with van der Waals surface area (Å²) in [4.78, 5) is 17.9. The van der Waals surface area contributed by atoms with Crippen LogP contribution in [0.5, 0.6) is 0 Å². The summed E-state index contributed by atoms with van der Waals surface area (Å²) < 4.78 is 59.2. The zero-order valence-electron chi connectivity index (χ0n) is 16.2. The molecule has 0 saturated carbocycles. The van der Waals surface area contributed by atoms with Crippen molar-refractivity contribution < 1.29 is 26.5 Å². The Bertz CT molecular complexity index is 1200. The van der Waals surface area contributed by atoms with Gasteiger partial charge in [0.05, 0.1) is 11.4 Å². The fraction of sp³-hybridized carbons (Fsp3) is 0.250. The van der Waals surface area contributed by atoms with E-state index in [1.54, 1.807) is 18.2 Å². The van der Waals surface area contributed by atoms with Gasteiger partial charge in [-0.15, -0.1) is 0 Å². The molecule has 8 nitrogen and oxygen atoms in total. The highest BCUT2D eigenvalue weighted by atomic mass is 32.2. The minimum atomic E-state index is -3.89. The zero-order valence-corrected chi connectivity index (χ0v) is 17.0. The molecule has 3 aromatic rings. The molecular weight excluding hydrogens is 430 g/mol. The fourth-order valence-electron chi connectivity index (χ4n) is 3.33. The third kappa shape index (κ3) is 4.62. The molecular formula is C20H18F2N4O4S. The van der Waals surface area contributed by atoms with Gasteiger partial charge < -0.3 is 9.42 Å². The molecule has 11 heteroatoms. The van der Waals surface area contributed by atoms with Gasteiger partial charge in [0.15, 0.2) is 5.82 Å². The fourth-order valence-corrected chi connectivity index (χ4v) is 4.31. The van der Waals surface area contributed by atoms with Crippen molar-refractivity contribution in [2.24, 2.45) is 0 Å². The van der Waals surface area contributed by atoms with Gasteiger partial charge in [-0.3, -0.25) is 4.79 Å². The predicted molar refractivity (Wildman–Crippen MR) is 104 cm³/mol. The molecule has 1 aromatic heterocycles. The third-order valence-electron chi connectivity index (χ3n) is 4.94. The monoisotopic (exact) mass is 448 g/mol. The molecule has 1 fully saturated rings. The highest BCUT2D eigenvalue weighted by molar-refractivity contribution is 7.89. The molecule has 1 aliphatic rings. The molecule has 2 heterocycles. The number of nitrogens with zero attached hydrogens (tertiary/aromatic N) is 3. The molecule has 0 aliphatic carbocycles. The van der Waals surface area contributed by atoms with Crippen LogP contribution >= 0.6 is 0 Å². The number of aromatic nitrogens is 2. The topological polar surface area (TPSA) is 105 Å². The summed E-state index contributed by atoms with van der Waals surface area (Å²) in [7, 11) is -3.89. The number of halogens is 2. The Kier molecular flexibility index (Phi) is 5.79. The quantitative estimate of drug-likeness (QED) is 0.596. The average molecular weight is 448 g/mol. The van der Waals surface area contributed by atoms with Crippen molar-refractivity contribution >= 4 is 15.9 Å². The van der Waals surface area contributed by atoms with Crippen LogP contribution in [0.3, 0.4) is 0 Å². The minimum absolute atomic E-state index is 0.0606. The molecule has 31 heavy (non-hydrogen) atoms. The second-order valence-electron chi connectivity index (χ2n) is 6.99. The molecule has 0 radical (unpaired) electrons. The van der Waals surface area contributed by atoms with Crippen molar-refractivity contribution in [1.29, 1.82) is 0 Å². The SMILES string of the molecule is O=C1CC[C@@H](c2nc(CNS(=O)(=O)c3ccc(F)cc3)no2)N1Cc1ccccc1F. The maximum atomic E-state index is 14.0. The van der Waals surface area contributed by atoms with Gasteiger partial charge in [0.2, 0.25) is 21.8 Å². The van der Waals surface area contributed by atoms with E-state index in [2.05, 4.69) is 14.9 Å². The lowest BCUT2D eigenvalue weighted by atomic mass is 10.1. The van der Waals surface area contributed by atoms with E-state index in [1.807, 2.05) is 0 Å². The molecule has 1 amide bonds. The second-order valence-corrected chi connectivity index (χ2v) is 8.76. The Morgan fingerprint density at radius 3 is 2.61 bits per heavy atom. The van der Waals surface area contributed by atoms with Gasteiger partial charge in [-0.25, -0.2) is 21.9 Å². The third-order valence-corrected chi connectivity index (χ3v) is 6.36. The van der Waals surface area contributed by atoms with Crippen LogP contribution in [0.15, 0.2) is 57.9 Å². The minimum Gasteiger partial charge on any atom is -0.337 e. The normalized spacial score (nSPS) is 16.8. The lowest BCUT2D eigenvalue weighted by Crippen LogP contribution is -2.28. The highest BCUT2D eigenvalue weighted by Gasteiger charge is 2.36. The van der Waals surface area contributed by atoms with Crippen LogP contribution in [-0.4, -0.2) is 29.4 Å². The maximum absolute atomic E-state index is 14.0. The van der Waals surface area contributed by atoms with Crippen molar-refractivity contribution in [3.05, 3.63) is 77.4 Å². The van der Waals surface area contributed by atoms with Gasteiger partial charge in [0, 0.05) is 18.5 Å². The number of carbonyl (C=O) groups is 1. The number of benzene rings is 2. The largest absolute Gasteiger partial charge is 0.337 e. The van der Waals surface area contributed by atoms with Crippen molar-refractivity contribution in [2.75, 3.05) is 0 Å². The summed E-state index contributed by atoms with van der Waals surface area (Å²) in [5.41, 5.74) is 0.370. The summed E-state index contributed by atoms with van der Waals surface area (Å²) in [6.07, 6.45) is 0.685. The predicted octanol–water partition coefficient (Wildman–Crippen LogP) is 2.69. The van der Waals surface area contributed by atoms with Crippen LogP contribution < -0.4 is 4.72 Å². The molecule has 1 N–H and O–H groups in total. The summed E-state index contributed by atoms with van der Waals surface area (Å²) in [5.74, 6) is -0.899. The molecule has 1 atom stereocenters. The maximum Gasteiger partial charge on any atom is 0.249 e. The van der Waals surface area contributed by atoms with Crippen LogP contribution in [0.25, 0.3) is 0 Å². The number of nitrogens with one attached hydrogen (secondary N) is 1. The molecule has 162 valence electrons. The van der Waals surface area contributed by atoms with E-state index >= 15 is 0 Å². The number of amides is 1. The Morgan fingerprint density at radius 2 is 1.87 bits per heavy atom. The Hall–Kier alpha value is -3.18. The summed E-state index contributed by atoms with van der Waals surface area (Å²) in [6.45, 7) is -0.192. The Morgan fingerprint density at radius 1 is 1.13 bits per heavy atom. The second kappa shape index (κ2) is 8.52. The molecule has 1 saturated heterocycles. The Balaban J connectivity index is 1.45. The van der Waals surface area contributed by atoms with E-state index in [0.29, 0.717) is 12.0 Å². The molecule has 2 aromatic carbocycles. The van der Waals surface area contributed by atoms with Gasteiger partial charge in [0.25, 0.3) is 0 Å². The first kappa shape index (κ1) is 21.1. The van der Waals surface area contributed by atoms with E-state index < -0.39 is 27.7 Å². The van der Waals surface area contributed by atoms with Crippen molar-refractivity contribution in [1.82, 2.24) is 19.8 Å². The van der Waals surface area contributed by atoms with Gasteiger partial charge >= 0.3 is 0 Å². The van der Waals surface area contributed by atoms with Crippen molar-refractivity contribution in [3.8, 4) is 0 Å². The summed E-state index contributed by atoms with van der Waals surface area (Å²) >= 11 is 0. The lowest BCUT2D eigenvalue weighted by molar-refractivity contribution is -0.130. The number of rotatable bonds is 7. The van der Waals surface area contributed by atoms with Crippen molar-refractivity contribution in [2.45, 2.75) is 36.9 Å². The van der Waals surface area contributed by atoms with Crippen LogP contribution in [0.1, 0.15) is 36.2 Å². The highest BCUT2D eigenvalue weighted by Crippen LogP contribution is 2.33. The van der Waals surface area contributed by atoms with E-state index in [4.69, 9.17) is 4.52 Å². The van der Waals surface area contributed by atoms with E-state index in [1.165, 1.54) is 11.0 Å². The number of hydrogen-bond acceptors (Lipinski definition) is 6. The number of likely N-dealkylation sites (tertiary alicyclic amines) is 1. The first-order chi connectivity index (χ1) is 14.8. The van der Waals surface area contributed by atoms with Crippen LogP contribution in [0.4, 0.5) is 8.78 Å². The molecule has 4 rings (SSSR count). The van der Waals surface area contributed by atoms with E-state index in [9.17, 15) is 22.0 Å². The average Bonchev–Trinajstić information content (AvgIpc) is 3.35. The number of carbonyl (C=O) groups excluding carboxylic acids is 1. The van der Waals surface area contributed by atoms with Gasteiger partial charge in [-0.2, -0.15) is 4.98 Å². The Labute approximate surface area is 176 Å². The molecule has 0 unspecified atom stereocenters.